The van der Waals surface area contributed by atoms with Gasteiger partial charge >= 0.3 is 0 Å². The van der Waals surface area contributed by atoms with Gasteiger partial charge in [-0.1, -0.05) is 23.2 Å². The molecular weight excluding hydrogens is 345 g/mol. The molecule has 0 aliphatic carbocycles. The van der Waals surface area contributed by atoms with E-state index in [4.69, 9.17) is 28.3 Å². The second-order valence-corrected chi connectivity index (χ2v) is 6.20. The molecule has 120 valence electrons. The van der Waals surface area contributed by atoms with Crippen molar-refractivity contribution < 1.29 is 22.6 Å². The SMILES string of the molecule is CCO.CS(=O)(=O)OCCc1cc([N+](=O)[O-])c(Cl)cc1Cl. The van der Waals surface area contributed by atoms with E-state index < -0.39 is 15.0 Å². The summed E-state index contributed by atoms with van der Waals surface area (Å²) >= 11 is 11.5. The van der Waals surface area contributed by atoms with Crippen molar-refractivity contribution in [2.45, 2.75) is 13.3 Å². The van der Waals surface area contributed by atoms with Crippen molar-refractivity contribution in [3.05, 3.63) is 37.9 Å². The maximum atomic E-state index is 10.8. The van der Waals surface area contributed by atoms with Crippen LogP contribution < -0.4 is 0 Å². The van der Waals surface area contributed by atoms with E-state index in [0.717, 1.165) is 6.26 Å². The molecule has 0 spiro atoms. The Kier molecular flexibility index (Phi) is 8.76. The fourth-order valence-corrected chi connectivity index (χ4v) is 2.15. The van der Waals surface area contributed by atoms with Gasteiger partial charge in [0.25, 0.3) is 15.8 Å². The largest absolute Gasteiger partial charge is 0.397 e. The lowest BCUT2D eigenvalue weighted by atomic mass is 10.1. The van der Waals surface area contributed by atoms with Gasteiger partial charge in [-0.15, -0.1) is 0 Å². The molecule has 0 saturated heterocycles. The van der Waals surface area contributed by atoms with Crippen molar-refractivity contribution in [1.82, 2.24) is 0 Å². The molecule has 0 amide bonds. The number of aliphatic hydroxyl groups is 1. The van der Waals surface area contributed by atoms with E-state index in [2.05, 4.69) is 4.18 Å². The third kappa shape index (κ3) is 8.18. The number of hydrogen-bond acceptors (Lipinski definition) is 6. The molecule has 7 nitrogen and oxygen atoms in total. The summed E-state index contributed by atoms with van der Waals surface area (Å²) in [7, 11) is -3.54. The highest BCUT2D eigenvalue weighted by Gasteiger charge is 2.16. The van der Waals surface area contributed by atoms with Gasteiger partial charge in [-0.25, -0.2) is 0 Å². The van der Waals surface area contributed by atoms with Crippen LogP contribution in [0.1, 0.15) is 12.5 Å². The van der Waals surface area contributed by atoms with Crippen LogP contribution in [-0.2, 0) is 20.7 Å². The molecule has 0 radical (unpaired) electrons. The predicted molar refractivity (Wildman–Crippen MR) is 80.4 cm³/mol. The number of rotatable bonds is 5. The molecule has 1 aromatic carbocycles. The van der Waals surface area contributed by atoms with Crippen molar-refractivity contribution in [3.8, 4) is 0 Å². The zero-order chi connectivity index (χ0) is 16.6. The van der Waals surface area contributed by atoms with E-state index in [9.17, 15) is 18.5 Å². The number of hydrogen-bond donors (Lipinski definition) is 1. The highest BCUT2D eigenvalue weighted by molar-refractivity contribution is 7.85. The number of nitrogens with zero attached hydrogens (tertiary/aromatic N) is 1. The normalized spacial score (nSPS) is 10.7. The quantitative estimate of drug-likeness (QED) is 0.491. The van der Waals surface area contributed by atoms with E-state index in [-0.39, 0.29) is 35.4 Å². The molecule has 10 heteroatoms. The second-order valence-electron chi connectivity index (χ2n) is 3.74. The first-order chi connectivity index (χ1) is 9.62. The summed E-state index contributed by atoms with van der Waals surface area (Å²) < 4.78 is 26.0. The van der Waals surface area contributed by atoms with Crippen LogP contribution in [0.25, 0.3) is 0 Å². The maximum Gasteiger partial charge on any atom is 0.288 e. The second kappa shape index (κ2) is 9.16. The van der Waals surface area contributed by atoms with Gasteiger partial charge in [0.1, 0.15) is 5.02 Å². The van der Waals surface area contributed by atoms with Crippen molar-refractivity contribution in [3.63, 3.8) is 0 Å². The molecular formula is C11H15Cl2NO6S. The third-order valence-electron chi connectivity index (χ3n) is 1.98. The van der Waals surface area contributed by atoms with Crippen molar-refractivity contribution in [2.24, 2.45) is 0 Å². The van der Waals surface area contributed by atoms with E-state index in [1.165, 1.54) is 12.1 Å². The molecule has 0 aromatic heterocycles. The number of nitro benzene ring substituents is 1. The monoisotopic (exact) mass is 359 g/mol. The zero-order valence-corrected chi connectivity index (χ0v) is 13.7. The van der Waals surface area contributed by atoms with Gasteiger partial charge in [0.15, 0.2) is 0 Å². The molecule has 0 bridgehead atoms. The Bertz CT molecular complexity index is 591. The molecule has 1 rings (SSSR count). The zero-order valence-electron chi connectivity index (χ0n) is 11.4. The minimum Gasteiger partial charge on any atom is -0.397 e. The van der Waals surface area contributed by atoms with E-state index in [1.807, 2.05) is 0 Å². The standard InChI is InChI=1S/C9H9Cl2NO5S.C2H6O/c1-18(15,16)17-3-2-6-4-9(12(13)14)8(11)5-7(6)10;1-2-3/h4-5H,2-3H2,1H3;3H,2H2,1H3. The van der Waals surface area contributed by atoms with Crippen LogP contribution in [0.3, 0.4) is 0 Å². The highest BCUT2D eigenvalue weighted by atomic mass is 35.5. The summed E-state index contributed by atoms with van der Waals surface area (Å²) in [5.41, 5.74) is 0.117. The van der Waals surface area contributed by atoms with Gasteiger partial charge in [-0.05, 0) is 25.0 Å². The Morgan fingerprint density at radius 3 is 2.29 bits per heavy atom. The molecule has 0 atom stereocenters. The van der Waals surface area contributed by atoms with Crippen molar-refractivity contribution >= 4 is 39.0 Å². The fraction of sp³-hybridized carbons (Fsp3) is 0.455. The summed E-state index contributed by atoms with van der Waals surface area (Å²) in [5.74, 6) is 0. The summed E-state index contributed by atoms with van der Waals surface area (Å²) in [6.07, 6.45) is 1.04. The van der Waals surface area contributed by atoms with E-state index in [0.29, 0.717) is 5.56 Å². The highest BCUT2D eigenvalue weighted by Crippen LogP contribution is 2.31. The molecule has 0 unspecified atom stereocenters. The van der Waals surface area contributed by atoms with Crippen LogP contribution in [-0.4, -0.2) is 37.9 Å². The van der Waals surface area contributed by atoms with Gasteiger partial charge < -0.3 is 5.11 Å². The summed E-state index contributed by atoms with van der Waals surface area (Å²) in [4.78, 5) is 10.0. The lowest BCUT2D eigenvalue weighted by Gasteiger charge is -2.05. The first-order valence-corrected chi connectivity index (χ1v) is 8.27. The molecule has 0 saturated carbocycles. The Balaban J connectivity index is 0.00000122. The van der Waals surface area contributed by atoms with Crippen LogP contribution in [0.4, 0.5) is 5.69 Å². The van der Waals surface area contributed by atoms with Gasteiger partial charge in [0, 0.05) is 17.7 Å². The van der Waals surface area contributed by atoms with Crippen molar-refractivity contribution in [2.75, 3.05) is 19.5 Å². The van der Waals surface area contributed by atoms with Crippen LogP contribution in [0.5, 0.6) is 0 Å². The predicted octanol–water partition coefficient (Wildman–Crippen LogP) is 2.42. The Hall–Kier alpha value is -0.930. The van der Waals surface area contributed by atoms with Gasteiger partial charge in [0.2, 0.25) is 0 Å². The van der Waals surface area contributed by atoms with E-state index in [1.54, 1.807) is 6.92 Å². The molecule has 1 N–H and O–H groups in total. The minimum atomic E-state index is -3.54. The maximum absolute atomic E-state index is 10.8. The first-order valence-electron chi connectivity index (χ1n) is 5.70. The Labute approximate surface area is 132 Å². The Morgan fingerprint density at radius 2 is 1.86 bits per heavy atom. The molecule has 0 fully saturated rings. The van der Waals surface area contributed by atoms with E-state index >= 15 is 0 Å². The van der Waals surface area contributed by atoms with Gasteiger partial charge in [-0.2, -0.15) is 8.42 Å². The first kappa shape index (κ1) is 20.1. The van der Waals surface area contributed by atoms with Crippen LogP contribution in [0, 0.1) is 10.1 Å². The van der Waals surface area contributed by atoms with Crippen LogP contribution in [0.15, 0.2) is 12.1 Å². The lowest BCUT2D eigenvalue weighted by molar-refractivity contribution is -0.384. The average molecular weight is 360 g/mol. The fourth-order valence-electron chi connectivity index (χ4n) is 1.22. The summed E-state index contributed by atoms with van der Waals surface area (Å²) in [5, 5.41) is 18.4. The number of nitro groups is 1. The molecule has 0 heterocycles. The Morgan fingerprint density at radius 1 is 1.33 bits per heavy atom. The summed E-state index contributed by atoms with van der Waals surface area (Å²) in [6.45, 7) is 1.79. The smallest absolute Gasteiger partial charge is 0.288 e. The minimum absolute atomic E-state index is 0.0715. The van der Waals surface area contributed by atoms with Crippen LogP contribution in [0.2, 0.25) is 10.0 Å². The van der Waals surface area contributed by atoms with Crippen LogP contribution >= 0.6 is 23.2 Å². The number of aliphatic hydroxyl groups excluding tert-OH is 1. The van der Waals surface area contributed by atoms with Crippen molar-refractivity contribution in [1.29, 1.82) is 0 Å². The third-order valence-corrected chi connectivity index (χ3v) is 3.23. The average Bonchev–Trinajstić information content (AvgIpc) is 2.31. The lowest BCUT2D eigenvalue weighted by Crippen LogP contribution is -2.06. The molecule has 0 aliphatic heterocycles. The number of benzene rings is 1. The molecule has 21 heavy (non-hydrogen) atoms. The summed E-state index contributed by atoms with van der Waals surface area (Å²) in [6, 6.07) is 2.45. The molecule has 1 aromatic rings. The van der Waals surface area contributed by atoms with Gasteiger partial charge in [-0.3, -0.25) is 14.3 Å². The number of halogens is 2. The molecule has 0 aliphatic rings. The topological polar surface area (TPSA) is 107 Å². The van der Waals surface area contributed by atoms with Gasteiger partial charge in [0.05, 0.1) is 17.8 Å².